The van der Waals surface area contributed by atoms with Crippen molar-refractivity contribution in [3.8, 4) is 0 Å². The lowest BCUT2D eigenvalue weighted by Gasteiger charge is -2.04. The molecule has 0 aliphatic carbocycles. The van der Waals surface area contributed by atoms with Crippen molar-refractivity contribution in [3.63, 3.8) is 0 Å². The lowest BCUT2D eigenvalue weighted by atomic mass is 10.2. The highest BCUT2D eigenvalue weighted by Crippen LogP contribution is 2.28. The quantitative estimate of drug-likeness (QED) is 0.750. The largest absolute Gasteiger partial charge is 0.265 e. The maximum absolute atomic E-state index is 12.3. The second kappa shape index (κ2) is 5.36. The van der Waals surface area contributed by atoms with E-state index in [1.165, 1.54) is 29.8 Å². The number of hydrogen-bond donors (Lipinski definition) is 1. The number of hydrogen-bond acceptors (Lipinski definition) is 5. The SMILES string of the molecule is Cc1ccc2nc(NS(=O)(=O)c3cncc(Br)c3)sc2c1. The van der Waals surface area contributed by atoms with Crippen LogP contribution < -0.4 is 4.72 Å². The highest BCUT2D eigenvalue weighted by molar-refractivity contribution is 9.10. The van der Waals surface area contributed by atoms with Crippen LogP contribution >= 0.6 is 27.3 Å². The fourth-order valence-corrected chi connectivity index (χ4v) is 4.49. The second-order valence-electron chi connectivity index (χ2n) is 4.43. The first-order valence-corrected chi connectivity index (χ1v) is 9.04. The molecule has 0 aliphatic rings. The molecule has 108 valence electrons. The molecule has 0 bridgehead atoms. The summed E-state index contributed by atoms with van der Waals surface area (Å²) in [4.78, 5) is 8.24. The summed E-state index contributed by atoms with van der Waals surface area (Å²) in [6.45, 7) is 1.98. The van der Waals surface area contributed by atoms with E-state index in [2.05, 4.69) is 30.6 Å². The number of nitrogens with zero attached hydrogens (tertiary/aromatic N) is 2. The van der Waals surface area contributed by atoms with Crippen LogP contribution in [0.4, 0.5) is 5.13 Å². The van der Waals surface area contributed by atoms with Crippen LogP contribution in [-0.2, 0) is 10.0 Å². The van der Waals surface area contributed by atoms with Gasteiger partial charge in [0.05, 0.1) is 10.2 Å². The third-order valence-electron chi connectivity index (χ3n) is 2.76. The summed E-state index contributed by atoms with van der Waals surface area (Å²) in [5.74, 6) is 0. The van der Waals surface area contributed by atoms with Crippen molar-refractivity contribution >= 4 is 52.6 Å². The van der Waals surface area contributed by atoms with Crippen LogP contribution in [0.25, 0.3) is 10.2 Å². The average Bonchev–Trinajstić information content (AvgIpc) is 2.79. The van der Waals surface area contributed by atoms with Crippen LogP contribution in [0.3, 0.4) is 0 Å². The zero-order valence-electron chi connectivity index (χ0n) is 10.9. The maximum atomic E-state index is 12.3. The Morgan fingerprint density at radius 2 is 2.05 bits per heavy atom. The van der Waals surface area contributed by atoms with Crippen LogP contribution in [0.15, 0.2) is 46.0 Å². The van der Waals surface area contributed by atoms with Crippen molar-refractivity contribution in [1.29, 1.82) is 0 Å². The molecule has 0 atom stereocenters. The van der Waals surface area contributed by atoms with Crippen molar-refractivity contribution in [1.82, 2.24) is 9.97 Å². The summed E-state index contributed by atoms with van der Waals surface area (Å²) in [5.41, 5.74) is 1.88. The van der Waals surface area contributed by atoms with Gasteiger partial charge in [-0.25, -0.2) is 13.4 Å². The van der Waals surface area contributed by atoms with E-state index in [9.17, 15) is 8.42 Å². The molecule has 3 aromatic rings. The third kappa shape index (κ3) is 3.07. The van der Waals surface area contributed by atoms with E-state index in [0.717, 1.165) is 15.8 Å². The minimum Gasteiger partial charge on any atom is -0.262 e. The maximum Gasteiger partial charge on any atom is 0.265 e. The van der Waals surface area contributed by atoms with Gasteiger partial charge in [-0.05, 0) is 46.6 Å². The summed E-state index contributed by atoms with van der Waals surface area (Å²) in [7, 11) is -3.69. The number of aryl methyl sites for hydroxylation is 1. The smallest absolute Gasteiger partial charge is 0.262 e. The van der Waals surface area contributed by atoms with E-state index < -0.39 is 10.0 Å². The monoisotopic (exact) mass is 383 g/mol. The zero-order chi connectivity index (χ0) is 15.0. The molecule has 1 aromatic carbocycles. The Labute approximate surface area is 134 Å². The molecule has 0 aliphatic heterocycles. The molecule has 0 fully saturated rings. The third-order valence-corrected chi connectivity index (χ3v) is 5.56. The number of thiazole rings is 1. The normalized spacial score (nSPS) is 11.7. The van der Waals surface area contributed by atoms with E-state index in [-0.39, 0.29) is 4.90 Å². The highest BCUT2D eigenvalue weighted by atomic mass is 79.9. The summed E-state index contributed by atoms with van der Waals surface area (Å²) >= 11 is 4.51. The van der Waals surface area contributed by atoms with Gasteiger partial charge in [-0.15, -0.1) is 0 Å². The molecule has 5 nitrogen and oxygen atoms in total. The van der Waals surface area contributed by atoms with Crippen LogP contribution in [0.1, 0.15) is 5.56 Å². The van der Waals surface area contributed by atoms with E-state index in [4.69, 9.17) is 0 Å². The predicted molar refractivity (Wildman–Crippen MR) is 87.1 cm³/mol. The molecule has 0 amide bonds. The lowest BCUT2D eigenvalue weighted by Crippen LogP contribution is -2.12. The standard InChI is InChI=1S/C13H10BrN3O2S2/c1-8-2-3-11-12(4-8)20-13(16-11)17-21(18,19)10-5-9(14)6-15-7-10/h2-7H,1H3,(H,16,17). The van der Waals surface area contributed by atoms with Gasteiger partial charge in [-0.1, -0.05) is 17.4 Å². The summed E-state index contributed by atoms with van der Waals surface area (Å²) < 4.78 is 28.6. The molecule has 0 unspecified atom stereocenters. The van der Waals surface area contributed by atoms with Gasteiger partial charge in [-0.3, -0.25) is 9.71 Å². The number of fused-ring (bicyclic) bond motifs is 1. The Kier molecular flexibility index (Phi) is 3.68. The number of aromatic nitrogens is 2. The van der Waals surface area contributed by atoms with Gasteiger partial charge in [0.25, 0.3) is 10.0 Å². The molecule has 8 heteroatoms. The first-order chi connectivity index (χ1) is 9.94. The van der Waals surface area contributed by atoms with Crippen molar-refractivity contribution in [2.24, 2.45) is 0 Å². The Hall–Kier alpha value is -1.51. The molecule has 21 heavy (non-hydrogen) atoms. The van der Waals surface area contributed by atoms with E-state index >= 15 is 0 Å². The highest BCUT2D eigenvalue weighted by Gasteiger charge is 2.17. The van der Waals surface area contributed by atoms with Crippen LogP contribution in [-0.4, -0.2) is 18.4 Å². The minimum atomic E-state index is -3.69. The van der Waals surface area contributed by atoms with Crippen molar-refractivity contribution in [3.05, 3.63) is 46.7 Å². The number of rotatable bonds is 3. The van der Waals surface area contributed by atoms with Gasteiger partial charge in [0.2, 0.25) is 0 Å². The first-order valence-electron chi connectivity index (χ1n) is 5.95. The van der Waals surface area contributed by atoms with E-state index in [1.807, 2.05) is 25.1 Å². The minimum absolute atomic E-state index is 0.0901. The Morgan fingerprint density at radius 3 is 2.81 bits per heavy atom. The number of benzene rings is 1. The van der Waals surface area contributed by atoms with Gasteiger partial charge < -0.3 is 0 Å². The molecule has 0 spiro atoms. The predicted octanol–water partition coefficient (Wildman–Crippen LogP) is 3.56. The van der Waals surface area contributed by atoms with Gasteiger partial charge in [-0.2, -0.15) is 0 Å². The Bertz CT molecular complexity index is 922. The summed E-state index contributed by atoms with van der Waals surface area (Å²) in [6, 6.07) is 7.29. The molecular weight excluding hydrogens is 374 g/mol. The fraction of sp³-hybridized carbons (Fsp3) is 0.0769. The molecule has 2 aromatic heterocycles. The molecule has 3 rings (SSSR count). The first kappa shape index (κ1) is 14.4. The number of anilines is 1. The van der Waals surface area contributed by atoms with Gasteiger partial charge >= 0.3 is 0 Å². The number of sulfonamides is 1. The average molecular weight is 384 g/mol. The molecule has 0 saturated heterocycles. The Balaban J connectivity index is 1.97. The van der Waals surface area contributed by atoms with E-state index in [1.54, 1.807) is 0 Å². The van der Waals surface area contributed by atoms with Crippen LogP contribution in [0.2, 0.25) is 0 Å². The molecule has 2 heterocycles. The summed E-state index contributed by atoms with van der Waals surface area (Å²) in [5, 5.41) is 0.343. The Morgan fingerprint density at radius 1 is 1.24 bits per heavy atom. The van der Waals surface area contributed by atoms with E-state index in [0.29, 0.717) is 9.60 Å². The number of halogens is 1. The van der Waals surface area contributed by atoms with Gasteiger partial charge in [0, 0.05) is 16.9 Å². The fourth-order valence-electron chi connectivity index (χ4n) is 1.79. The van der Waals surface area contributed by atoms with Crippen molar-refractivity contribution in [2.45, 2.75) is 11.8 Å². The van der Waals surface area contributed by atoms with Crippen molar-refractivity contribution in [2.75, 3.05) is 4.72 Å². The number of pyridine rings is 1. The molecular formula is C13H10BrN3O2S2. The molecule has 1 N–H and O–H groups in total. The number of nitrogens with one attached hydrogen (secondary N) is 1. The van der Waals surface area contributed by atoms with Crippen LogP contribution in [0, 0.1) is 6.92 Å². The lowest BCUT2D eigenvalue weighted by molar-refractivity contribution is 0.600. The summed E-state index contributed by atoms with van der Waals surface area (Å²) in [6.07, 6.45) is 2.82. The molecule has 0 saturated carbocycles. The second-order valence-corrected chi connectivity index (χ2v) is 8.06. The van der Waals surface area contributed by atoms with Crippen molar-refractivity contribution < 1.29 is 8.42 Å². The van der Waals surface area contributed by atoms with Gasteiger partial charge in [0.1, 0.15) is 4.90 Å². The zero-order valence-corrected chi connectivity index (χ0v) is 14.1. The van der Waals surface area contributed by atoms with Gasteiger partial charge in [0.15, 0.2) is 5.13 Å². The van der Waals surface area contributed by atoms with Crippen LogP contribution in [0.5, 0.6) is 0 Å². The molecule has 0 radical (unpaired) electrons. The topological polar surface area (TPSA) is 72.0 Å².